The predicted molar refractivity (Wildman–Crippen MR) is 98.3 cm³/mol. The fourth-order valence-electron chi connectivity index (χ4n) is 3.36. The third-order valence-corrected chi connectivity index (χ3v) is 4.76. The standard InChI is InChI=1S/C21H18O6/c22-16-11-18(13-4-7-17-20(9-13)25-12-24-17)27-19-10-14(5-6-15(16)19)26-21-3-1-2-8-23-21/h4-7,9-11,21H,1-3,8,12H2. The number of rotatable bonds is 3. The van der Waals surface area contributed by atoms with Gasteiger partial charge in [-0.25, -0.2) is 0 Å². The first-order valence-corrected chi connectivity index (χ1v) is 9.02. The van der Waals surface area contributed by atoms with Crippen LogP contribution >= 0.6 is 0 Å². The van der Waals surface area contributed by atoms with Crippen LogP contribution in [0.1, 0.15) is 19.3 Å². The molecule has 5 rings (SSSR count). The van der Waals surface area contributed by atoms with Gasteiger partial charge in [0.05, 0.1) is 12.0 Å². The summed E-state index contributed by atoms with van der Waals surface area (Å²) in [6.45, 7) is 0.909. The van der Waals surface area contributed by atoms with Crippen molar-refractivity contribution in [3.63, 3.8) is 0 Å². The molecule has 0 bridgehead atoms. The van der Waals surface area contributed by atoms with Crippen LogP contribution in [0, 0.1) is 0 Å². The topological polar surface area (TPSA) is 67.1 Å². The molecular formula is C21H18O6. The molecule has 2 aliphatic rings. The van der Waals surface area contributed by atoms with Gasteiger partial charge in [-0.1, -0.05) is 0 Å². The van der Waals surface area contributed by atoms with Crippen LogP contribution < -0.4 is 19.6 Å². The number of ether oxygens (including phenoxy) is 4. The second kappa shape index (κ2) is 6.63. The molecule has 2 aliphatic heterocycles. The van der Waals surface area contributed by atoms with Crippen LogP contribution in [0.5, 0.6) is 17.2 Å². The Kier molecular flexibility index (Phi) is 3.98. The van der Waals surface area contributed by atoms with Crippen LogP contribution in [0.4, 0.5) is 0 Å². The first-order chi connectivity index (χ1) is 13.3. The van der Waals surface area contributed by atoms with Crippen molar-refractivity contribution in [2.75, 3.05) is 13.4 Å². The van der Waals surface area contributed by atoms with E-state index in [-0.39, 0.29) is 18.5 Å². The van der Waals surface area contributed by atoms with Gasteiger partial charge < -0.3 is 23.4 Å². The Bertz CT molecular complexity index is 1050. The van der Waals surface area contributed by atoms with E-state index in [1.165, 1.54) is 6.07 Å². The van der Waals surface area contributed by atoms with Gasteiger partial charge in [0.2, 0.25) is 6.79 Å². The zero-order valence-corrected chi connectivity index (χ0v) is 14.6. The lowest BCUT2D eigenvalue weighted by Crippen LogP contribution is -2.24. The average molecular weight is 366 g/mol. The summed E-state index contributed by atoms with van der Waals surface area (Å²) in [6.07, 6.45) is 2.76. The highest BCUT2D eigenvalue weighted by molar-refractivity contribution is 5.80. The Balaban J connectivity index is 1.51. The number of hydrogen-bond acceptors (Lipinski definition) is 6. The Morgan fingerprint density at radius 1 is 0.963 bits per heavy atom. The van der Waals surface area contributed by atoms with Gasteiger partial charge in [-0.05, 0) is 43.2 Å². The Hall–Kier alpha value is -2.99. The predicted octanol–water partition coefficient (Wildman–Crippen LogP) is 4.09. The average Bonchev–Trinajstić information content (AvgIpc) is 3.16. The minimum atomic E-state index is -0.250. The van der Waals surface area contributed by atoms with Crippen LogP contribution in [-0.2, 0) is 4.74 Å². The summed E-state index contributed by atoms with van der Waals surface area (Å²) in [6, 6.07) is 12.2. The highest BCUT2D eigenvalue weighted by atomic mass is 16.7. The van der Waals surface area contributed by atoms with Crippen molar-refractivity contribution in [1.29, 1.82) is 0 Å². The van der Waals surface area contributed by atoms with Gasteiger partial charge in [0.25, 0.3) is 0 Å². The zero-order valence-electron chi connectivity index (χ0n) is 14.6. The zero-order chi connectivity index (χ0) is 18.2. The summed E-state index contributed by atoms with van der Waals surface area (Å²) in [4.78, 5) is 12.5. The quantitative estimate of drug-likeness (QED) is 0.695. The van der Waals surface area contributed by atoms with Gasteiger partial charge >= 0.3 is 0 Å². The molecule has 3 aromatic rings. The lowest BCUT2D eigenvalue weighted by Gasteiger charge is -2.23. The maximum Gasteiger partial charge on any atom is 0.231 e. The van der Waals surface area contributed by atoms with Crippen molar-refractivity contribution in [2.45, 2.75) is 25.6 Å². The van der Waals surface area contributed by atoms with Crippen molar-refractivity contribution >= 4 is 11.0 Å². The molecule has 0 saturated carbocycles. The van der Waals surface area contributed by atoms with E-state index < -0.39 is 0 Å². The molecular weight excluding hydrogens is 348 g/mol. The van der Waals surface area contributed by atoms with E-state index in [2.05, 4.69) is 0 Å². The summed E-state index contributed by atoms with van der Waals surface area (Å²) in [5.41, 5.74) is 1.12. The molecule has 3 heterocycles. The molecule has 6 heteroatoms. The molecule has 1 aromatic heterocycles. The largest absolute Gasteiger partial charge is 0.465 e. The van der Waals surface area contributed by atoms with E-state index in [0.29, 0.717) is 40.6 Å². The van der Waals surface area contributed by atoms with Gasteiger partial charge in [0, 0.05) is 24.1 Å². The van der Waals surface area contributed by atoms with Gasteiger partial charge in [-0.3, -0.25) is 4.79 Å². The van der Waals surface area contributed by atoms with E-state index in [0.717, 1.165) is 24.8 Å². The summed E-state index contributed by atoms with van der Waals surface area (Å²) in [7, 11) is 0. The Labute approximate surface area is 155 Å². The van der Waals surface area contributed by atoms with Crippen LogP contribution in [0.3, 0.4) is 0 Å². The van der Waals surface area contributed by atoms with Crippen LogP contribution in [0.15, 0.2) is 51.7 Å². The fourth-order valence-corrected chi connectivity index (χ4v) is 3.36. The second-order valence-electron chi connectivity index (χ2n) is 6.61. The van der Waals surface area contributed by atoms with Gasteiger partial charge in [0.15, 0.2) is 23.2 Å². The van der Waals surface area contributed by atoms with E-state index in [9.17, 15) is 4.79 Å². The molecule has 138 valence electrons. The molecule has 0 N–H and O–H groups in total. The van der Waals surface area contributed by atoms with Crippen LogP contribution in [-0.4, -0.2) is 19.7 Å². The van der Waals surface area contributed by atoms with Crippen LogP contribution in [0.2, 0.25) is 0 Å². The van der Waals surface area contributed by atoms with E-state index in [1.807, 2.05) is 18.2 Å². The van der Waals surface area contributed by atoms with Crippen molar-refractivity contribution in [1.82, 2.24) is 0 Å². The summed E-state index contributed by atoms with van der Waals surface area (Å²) < 4.78 is 28.2. The first kappa shape index (κ1) is 16.2. The van der Waals surface area contributed by atoms with Crippen LogP contribution in [0.25, 0.3) is 22.3 Å². The van der Waals surface area contributed by atoms with E-state index in [1.54, 1.807) is 18.2 Å². The molecule has 1 fully saturated rings. The third kappa shape index (κ3) is 3.13. The molecule has 2 aromatic carbocycles. The normalized spacial score (nSPS) is 18.6. The van der Waals surface area contributed by atoms with Crippen molar-refractivity contribution in [3.8, 4) is 28.6 Å². The third-order valence-electron chi connectivity index (χ3n) is 4.76. The van der Waals surface area contributed by atoms with E-state index in [4.69, 9.17) is 23.4 Å². The summed E-state index contributed by atoms with van der Waals surface area (Å²) in [5.74, 6) is 2.42. The maximum absolute atomic E-state index is 12.5. The van der Waals surface area contributed by atoms with Gasteiger partial charge in [-0.2, -0.15) is 0 Å². The number of fused-ring (bicyclic) bond motifs is 2. The molecule has 0 spiro atoms. The molecule has 0 radical (unpaired) electrons. The highest BCUT2D eigenvalue weighted by Gasteiger charge is 2.17. The summed E-state index contributed by atoms with van der Waals surface area (Å²) >= 11 is 0. The lowest BCUT2D eigenvalue weighted by molar-refractivity contribution is -0.105. The summed E-state index contributed by atoms with van der Waals surface area (Å²) in [5, 5.41) is 0.511. The molecule has 0 amide bonds. The second-order valence-corrected chi connectivity index (χ2v) is 6.61. The maximum atomic E-state index is 12.5. The minimum absolute atomic E-state index is 0.107. The van der Waals surface area contributed by atoms with Gasteiger partial charge in [0.1, 0.15) is 17.1 Å². The highest BCUT2D eigenvalue weighted by Crippen LogP contribution is 2.36. The SMILES string of the molecule is O=c1cc(-c2ccc3c(c2)OCO3)oc2cc(OC3CCCCO3)ccc12. The lowest BCUT2D eigenvalue weighted by atomic mass is 10.1. The molecule has 27 heavy (non-hydrogen) atoms. The smallest absolute Gasteiger partial charge is 0.231 e. The van der Waals surface area contributed by atoms with Crippen molar-refractivity contribution in [2.24, 2.45) is 0 Å². The fraction of sp³-hybridized carbons (Fsp3) is 0.286. The van der Waals surface area contributed by atoms with Gasteiger partial charge in [-0.15, -0.1) is 0 Å². The molecule has 6 nitrogen and oxygen atoms in total. The molecule has 1 saturated heterocycles. The molecule has 1 atom stereocenters. The number of benzene rings is 2. The monoisotopic (exact) mass is 366 g/mol. The number of hydrogen-bond donors (Lipinski definition) is 0. The Morgan fingerprint density at radius 3 is 2.78 bits per heavy atom. The van der Waals surface area contributed by atoms with Crippen molar-refractivity contribution < 1.29 is 23.4 Å². The van der Waals surface area contributed by atoms with Crippen molar-refractivity contribution in [3.05, 3.63) is 52.7 Å². The molecule has 1 unspecified atom stereocenters. The minimum Gasteiger partial charge on any atom is -0.465 e. The van der Waals surface area contributed by atoms with E-state index >= 15 is 0 Å². The Morgan fingerprint density at radius 2 is 1.89 bits per heavy atom. The molecule has 0 aliphatic carbocycles. The first-order valence-electron chi connectivity index (χ1n) is 9.02.